The van der Waals surface area contributed by atoms with Gasteiger partial charge in [-0.15, -0.1) is 0 Å². The Morgan fingerprint density at radius 1 is 1.18 bits per heavy atom. The Hall–Kier alpha value is -1.69. The summed E-state index contributed by atoms with van der Waals surface area (Å²) in [6.45, 7) is 3.90. The molecule has 0 saturated heterocycles. The van der Waals surface area contributed by atoms with Gasteiger partial charge in [0, 0.05) is 19.6 Å². The molecule has 22 heavy (non-hydrogen) atoms. The van der Waals surface area contributed by atoms with Crippen LogP contribution in [0.25, 0.3) is 11.0 Å². The fourth-order valence-corrected chi connectivity index (χ4v) is 3.17. The summed E-state index contributed by atoms with van der Waals surface area (Å²) in [7, 11) is 1.91. The number of fused-ring (bicyclic) bond motifs is 1. The Labute approximate surface area is 131 Å². The number of hydrogen-bond donors (Lipinski definition) is 2. The van der Waals surface area contributed by atoms with E-state index in [-0.39, 0.29) is 0 Å². The van der Waals surface area contributed by atoms with Gasteiger partial charge in [-0.2, -0.15) is 5.10 Å². The molecule has 0 spiro atoms. The summed E-state index contributed by atoms with van der Waals surface area (Å²) in [5, 5.41) is 12.4. The number of rotatable bonds is 6. The second-order valence-electron chi connectivity index (χ2n) is 6.19. The van der Waals surface area contributed by atoms with Gasteiger partial charge in [0.2, 0.25) is 0 Å². The van der Waals surface area contributed by atoms with E-state index in [0.717, 1.165) is 48.2 Å². The molecule has 0 atom stereocenters. The van der Waals surface area contributed by atoms with Gasteiger partial charge in [-0.1, -0.05) is 19.3 Å². The van der Waals surface area contributed by atoms with Crippen LogP contribution in [0.15, 0.2) is 6.20 Å². The average Bonchev–Trinajstić information content (AvgIpc) is 2.89. The maximum atomic E-state index is 4.51. The quantitative estimate of drug-likeness (QED) is 0.802. The normalized spacial score (nSPS) is 16.3. The molecule has 0 bridgehead atoms. The fourth-order valence-electron chi connectivity index (χ4n) is 3.17. The number of nitrogens with one attached hydrogen (secondary N) is 2. The van der Waals surface area contributed by atoms with Gasteiger partial charge in [-0.25, -0.2) is 9.97 Å². The molecule has 3 rings (SSSR count). The van der Waals surface area contributed by atoms with Crippen LogP contribution in [0.3, 0.4) is 0 Å². The third-order valence-electron chi connectivity index (χ3n) is 4.39. The maximum absolute atomic E-state index is 4.51. The zero-order valence-electron chi connectivity index (χ0n) is 13.6. The molecular formula is C16H26N6. The first kappa shape index (κ1) is 15.2. The molecule has 0 radical (unpaired) electrons. The van der Waals surface area contributed by atoms with Gasteiger partial charge < -0.3 is 10.6 Å². The van der Waals surface area contributed by atoms with Crippen LogP contribution >= 0.6 is 0 Å². The predicted octanol–water partition coefficient (Wildman–Crippen LogP) is 2.40. The number of hydrogen-bond acceptors (Lipinski definition) is 5. The molecular weight excluding hydrogens is 276 g/mol. The summed E-state index contributed by atoms with van der Waals surface area (Å²) < 4.78 is 1.79. The zero-order chi connectivity index (χ0) is 15.4. The summed E-state index contributed by atoms with van der Waals surface area (Å²) in [6.07, 6.45) is 9.79. The Morgan fingerprint density at radius 2 is 2.00 bits per heavy atom. The van der Waals surface area contributed by atoms with Gasteiger partial charge in [0.1, 0.15) is 11.6 Å². The topological polar surface area (TPSA) is 67.7 Å². The minimum atomic E-state index is 0.736. The number of nitrogens with zero attached hydrogens (tertiary/aromatic N) is 4. The van der Waals surface area contributed by atoms with Crippen molar-refractivity contribution in [3.63, 3.8) is 0 Å². The smallest absolute Gasteiger partial charge is 0.163 e. The highest BCUT2D eigenvalue weighted by Gasteiger charge is 2.12. The van der Waals surface area contributed by atoms with Gasteiger partial charge in [-0.3, -0.25) is 4.68 Å². The van der Waals surface area contributed by atoms with Gasteiger partial charge in [0.15, 0.2) is 5.65 Å². The van der Waals surface area contributed by atoms with Crippen LogP contribution < -0.4 is 10.6 Å². The van der Waals surface area contributed by atoms with Crippen LogP contribution in [0.5, 0.6) is 0 Å². The van der Waals surface area contributed by atoms with Gasteiger partial charge in [0.25, 0.3) is 0 Å². The highest BCUT2D eigenvalue weighted by atomic mass is 15.3. The number of aryl methyl sites for hydroxylation is 2. The van der Waals surface area contributed by atoms with Crippen molar-refractivity contribution < 1.29 is 0 Å². The molecule has 1 aliphatic carbocycles. The molecule has 6 heteroatoms. The molecule has 0 aliphatic heterocycles. The van der Waals surface area contributed by atoms with Gasteiger partial charge in [0.05, 0.1) is 11.6 Å². The van der Waals surface area contributed by atoms with Crippen LogP contribution in [0, 0.1) is 6.92 Å². The van der Waals surface area contributed by atoms with E-state index in [1.807, 2.05) is 20.2 Å². The minimum Gasteiger partial charge on any atom is -0.369 e. The lowest BCUT2D eigenvalue weighted by Gasteiger charge is -2.22. The average molecular weight is 302 g/mol. The minimum absolute atomic E-state index is 0.736. The van der Waals surface area contributed by atoms with Crippen molar-refractivity contribution in [2.75, 3.05) is 18.4 Å². The van der Waals surface area contributed by atoms with E-state index < -0.39 is 0 Å². The Bertz CT molecular complexity index is 614. The maximum Gasteiger partial charge on any atom is 0.163 e. The molecule has 2 N–H and O–H groups in total. The second-order valence-corrected chi connectivity index (χ2v) is 6.19. The van der Waals surface area contributed by atoms with Crippen LogP contribution in [-0.2, 0) is 7.05 Å². The van der Waals surface area contributed by atoms with E-state index >= 15 is 0 Å². The van der Waals surface area contributed by atoms with E-state index in [1.54, 1.807) is 4.68 Å². The predicted molar refractivity (Wildman–Crippen MR) is 89.0 cm³/mol. The van der Waals surface area contributed by atoms with Crippen molar-refractivity contribution in [1.82, 2.24) is 25.1 Å². The van der Waals surface area contributed by atoms with Crippen LogP contribution in [-0.4, -0.2) is 38.9 Å². The van der Waals surface area contributed by atoms with Gasteiger partial charge in [-0.05, 0) is 32.7 Å². The molecule has 1 aliphatic rings. The summed E-state index contributed by atoms with van der Waals surface area (Å²) in [6, 6.07) is 0.736. The first-order valence-corrected chi connectivity index (χ1v) is 8.37. The van der Waals surface area contributed by atoms with E-state index in [9.17, 15) is 0 Å². The summed E-state index contributed by atoms with van der Waals surface area (Å²) in [4.78, 5) is 8.94. The molecule has 120 valence electrons. The van der Waals surface area contributed by atoms with Crippen molar-refractivity contribution in [1.29, 1.82) is 0 Å². The number of anilines is 1. The zero-order valence-corrected chi connectivity index (χ0v) is 13.6. The second kappa shape index (κ2) is 7.05. The summed E-state index contributed by atoms with van der Waals surface area (Å²) in [5.41, 5.74) is 0.885. The lowest BCUT2D eigenvalue weighted by atomic mass is 9.95. The van der Waals surface area contributed by atoms with Crippen molar-refractivity contribution in [3.05, 3.63) is 12.0 Å². The molecule has 1 fully saturated rings. The molecule has 1 saturated carbocycles. The van der Waals surface area contributed by atoms with Crippen molar-refractivity contribution in [2.24, 2.45) is 7.05 Å². The summed E-state index contributed by atoms with van der Waals surface area (Å²) >= 11 is 0. The number of aromatic nitrogens is 4. The molecule has 6 nitrogen and oxygen atoms in total. The summed E-state index contributed by atoms with van der Waals surface area (Å²) in [5.74, 6) is 1.67. The van der Waals surface area contributed by atoms with E-state index in [4.69, 9.17) is 0 Å². The first-order chi connectivity index (χ1) is 10.7. The molecule has 2 aromatic heterocycles. The van der Waals surface area contributed by atoms with Gasteiger partial charge >= 0.3 is 0 Å². The van der Waals surface area contributed by atoms with E-state index in [1.165, 1.54) is 32.1 Å². The SMILES string of the molecule is Cc1nc(NCCCNC2CCCCC2)c2cnn(C)c2n1. The van der Waals surface area contributed by atoms with Crippen LogP contribution in [0.2, 0.25) is 0 Å². The standard InChI is InChI=1S/C16H26N6/c1-12-20-15(14-11-19-22(2)16(14)21-12)18-10-6-9-17-13-7-4-3-5-8-13/h11,13,17H,3-10H2,1-2H3,(H,18,20,21). The molecule has 2 aromatic rings. The van der Waals surface area contributed by atoms with Crippen molar-refractivity contribution >= 4 is 16.9 Å². The lowest BCUT2D eigenvalue weighted by Crippen LogP contribution is -2.32. The molecule has 0 unspecified atom stereocenters. The monoisotopic (exact) mass is 302 g/mol. The third-order valence-corrected chi connectivity index (χ3v) is 4.39. The molecule has 2 heterocycles. The fraction of sp³-hybridized carbons (Fsp3) is 0.688. The van der Waals surface area contributed by atoms with Crippen molar-refractivity contribution in [2.45, 2.75) is 51.5 Å². The van der Waals surface area contributed by atoms with Crippen LogP contribution in [0.1, 0.15) is 44.3 Å². The Kier molecular flexibility index (Phi) is 4.87. The Balaban J connectivity index is 1.49. The molecule has 0 amide bonds. The molecule has 0 aromatic carbocycles. The van der Waals surface area contributed by atoms with Crippen molar-refractivity contribution in [3.8, 4) is 0 Å². The Morgan fingerprint density at radius 3 is 2.82 bits per heavy atom. The first-order valence-electron chi connectivity index (χ1n) is 8.37. The lowest BCUT2D eigenvalue weighted by molar-refractivity contribution is 0.373. The van der Waals surface area contributed by atoms with E-state index in [2.05, 4.69) is 25.7 Å². The highest BCUT2D eigenvalue weighted by molar-refractivity contribution is 5.86. The van der Waals surface area contributed by atoms with E-state index in [0.29, 0.717) is 0 Å². The third kappa shape index (κ3) is 3.55. The van der Waals surface area contributed by atoms with Crippen LogP contribution in [0.4, 0.5) is 5.82 Å². The largest absolute Gasteiger partial charge is 0.369 e. The highest BCUT2D eigenvalue weighted by Crippen LogP contribution is 2.19.